The van der Waals surface area contributed by atoms with Gasteiger partial charge in [0.15, 0.2) is 11.6 Å². The fourth-order valence-electron chi connectivity index (χ4n) is 8.13. The number of rotatable bonds is 4. The summed E-state index contributed by atoms with van der Waals surface area (Å²) in [5, 5.41) is 23.3. The molecule has 5 rings (SSSR count). The summed E-state index contributed by atoms with van der Waals surface area (Å²) in [5.74, 6) is 0.202. The summed E-state index contributed by atoms with van der Waals surface area (Å²) in [6, 6.07) is 7.57. The molecule has 3 fully saturated rings. The van der Waals surface area contributed by atoms with Gasteiger partial charge in [0.25, 0.3) is 0 Å². The van der Waals surface area contributed by atoms with Gasteiger partial charge in [-0.3, -0.25) is 4.79 Å². The Kier molecular flexibility index (Phi) is 5.64. The minimum absolute atomic E-state index is 0.0526. The fraction of sp³-hybridized carbons (Fsp3) is 0.679. The summed E-state index contributed by atoms with van der Waals surface area (Å²) in [7, 11) is 0. The number of ketones is 1. The number of ether oxygens (including phenoxy) is 1. The first kappa shape index (κ1) is 23.5. The second-order valence-corrected chi connectivity index (χ2v) is 12.1. The zero-order valence-electron chi connectivity index (χ0n) is 20.1. The Labute approximate surface area is 202 Å². The molecule has 4 aliphatic carbocycles. The number of carbonyl (C=O) groups is 1. The number of hydrogen-bond acceptors (Lipinski definition) is 4. The first-order chi connectivity index (χ1) is 15.5. The van der Waals surface area contributed by atoms with E-state index in [2.05, 4.69) is 19.9 Å². The standard InChI is InChI=1S/C28H37ClO4/c1-18(30)28(32)13-11-24-22-9-6-20-16-27(31,33-17-19-4-7-21(29)8-5-19)15-14-25(20,2)23(22)10-12-26(24,28)3/h4-8,22-24,31-32H,9-17H2,1-3H3/t22-,23+,24+,25+,26+,27-,28+/m1/s1. The highest BCUT2D eigenvalue weighted by atomic mass is 35.5. The molecule has 0 amide bonds. The molecule has 3 saturated carbocycles. The number of benzene rings is 1. The van der Waals surface area contributed by atoms with Gasteiger partial charge in [-0.05, 0) is 86.3 Å². The maximum absolute atomic E-state index is 12.4. The van der Waals surface area contributed by atoms with Crippen LogP contribution in [0.15, 0.2) is 35.9 Å². The molecule has 1 aromatic rings. The van der Waals surface area contributed by atoms with Gasteiger partial charge >= 0.3 is 0 Å². The Balaban J connectivity index is 1.34. The number of aliphatic hydroxyl groups is 2. The van der Waals surface area contributed by atoms with Gasteiger partial charge in [-0.1, -0.05) is 49.2 Å². The Hall–Kier alpha value is -1.20. The van der Waals surface area contributed by atoms with Crippen LogP contribution in [0.2, 0.25) is 5.02 Å². The third kappa shape index (κ3) is 3.55. The molecule has 1 aromatic carbocycles. The molecule has 4 nitrogen and oxygen atoms in total. The number of hydrogen-bond donors (Lipinski definition) is 2. The summed E-state index contributed by atoms with van der Waals surface area (Å²) < 4.78 is 6.07. The second-order valence-electron chi connectivity index (χ2n) is 11.7. The number of allylic oxidation sites excluding steroid dienone is 1. The molecule has 0 bridgehead atoms. The number of halogens is 1. The van der Waals surface area contributed by atoms with E-state index in [-0.39, 0.29) is 16.6 Å². The summed E-state index contributed by atoms with van der Waals surface area (Å²) >= 11 is 5.98. The molecule has 7 atom stereocenters. The van der Waals surface area contributed by atoms with Crippen molar-refractivity contribution < 1.29 is 19.7 Å². The van der Waals surface area contributed by atoms with Gasteiger partial charge < -0.3 is 14.9 Å². The monoisotopic (exact) mass is 472 g/mol. The van der Waals surface area contributed by atoms with E-state index in [1.54, 1.807) is 6.92 Å². The molecule has 4 aliphatic rings. The van der Waals surface area contributed by atoms with E-state index in [4.69, 9.17) is 16.3 Å². The van der Waals surface area contributed by atoms with E-state index in [1.165, 1.54) is 5.57 Å². The smallest absolute Gasteiger partial charge is 0.169 e. The molecule has 0 spiro atoms. The highest BCUT2D eigenvalue weighted by Gasteiger charge is 2.65. The molecule has 5 heteroatoms. The lowest BCUT2D eigenvalue weighted by Crippen LogP contribution is -2.57. The Morgan fingerprint density at radius 3 is 2.45 bits per heavy atom. The van der Waals surface area contributed by atoms with Crippen molar-refractivity contribution in [1.29, 1.82) is 0 Å². The average molecular weight is 473 g/mol. The van der Waals surface area contributed by atoms with E-state index in [0.717, 1.165) is 37.7 Å². The third-order valence-corrected chi connectivity index (χ3v) is 10.5. The minimum atomic E-state index is -1.17. The van der Waals surface area contributed by atoms with Crippen molar-refractivity contribution in [1.82, 2.24) is 0 Å². The van der Waals surface area contributed by atoms with E-state index >= 15 is 0 Å². The summed E-state index contributed by atoms with van der Waals surface area (Å²) in [6.45, 7) is 6.47. The molecule has 180 valence electrons. The lowest BCUT2D eigenvalue weighted by Gasteiger charge is -2.59. The Morgan fingerprint density at radius 2 is 1.76 bits per heavy atom. The zero-order chi connectivity index (χ0) is 23.6. The van der Waals surface area contributed by atoms with E-state index in [1.807, 2.05) is 24.3 Å². The maximum atomic E-state index is 12.4. The summed E-state index contributed by atoms with van der Waals surface area (Å²) in [4.78, 5) is 12.4. The van der Waals surface area contributed by atoms with Crippen LogP contribution in [0.5, 0.6) is 0 Å². The lowest BCUT2D eigenvalue weighted by atomic mass is 9.46. The average Bonchev–Trinajstić information content (AvgIpc) is 3.06. The zero-order valence-corrected chi connectivity index (χ0v) is 20.8. The number of Topliss-reactive ketones (excluding diaryl/α,β-unsaturated/α-hetero) is 1. The van der Waals surface area contributed by atoms with Crippen LogP contribution in [0.3, 0.4) is 0 Å². The normalized spacial score (nSPS) is 44.4. The van der Waals surface area contributed by atoms with Crippen LogP contribution < -0.4 is 0 Å². The third-order valence-electron chi connectivity index (χ3n) is 10.3. The molecule has 2 N–H and O–H groups in total. The van der Waals surface area contributed by atoms with Gasteiger partial charge in [0.2, 0.25) is 0 Å². The van der Waals surface area contributed by atoms with Crippen LogP contribution in [-0.2, 0) is 16.1 Å². The molecule has 0 saturated heterocycles. The van der Waals surface area contributed by atoms with Crippen molar-refractivity contribution in [3.05, 3.63) is 46.5 Å². The highest BCUT2D eigenvalue weighted by Crippen LogP contribution is 2.67. The van der Waals surface area contributed by atoms with Crippen molar-refractivity contribution in [3.8, 4) is 0 Å². The molecule has 0 heterocycles. The summed E-state index contributed by atoms with van der Waals surface area (Å²) in [5.41, 5.74) is 0.896. The van der Waals surface area contributed by atoms with E-state index < -0.39 is 11.4 Å². The maximum Gasteiger partial charge on any atom is 0.169 e. The van der Waals surface area contributed by atoms with Crippen LogP contribution in [0.4, 0.5) is 0 Å². The number of carbonyl (C=O) groups excluding carboxylic acids is 1. The van der Waals surface area contributed by atoms with Crippen molar-refractivity contribution in [2.75, 3.05) is 0 Å². The second kappa shape index (κ2) is 7.91. The number of fused-ring (bicyclic) bond motifs is 5. The fourth-order valence-corrected chi connectivity index (χ4v) is 8.26. The molecule has 0 aromatic heterocycles. The van der Waals surface area contributed by atoms with Gasteiger partial charge in [-0.15, -0.1) is 0 Å². The van der Waals surface area contributed by atoms with Crippen LogP contribution >= 0.6 is 11.6 Å². The predicted molar refractivity (Wildman–Crippen MR) is 129 cm³/mol. The van der Waals surface area contributed by atoms with Crippen molar-refractivity contribution in [2.45, 2.75) is 90.1 Å². The quantitative estimate of drug-likeness (QED) is 0.427. The van der Waals surface area contributed by atoms with Crippen molar-refractivity contribution in [3.63, 3.8) is 0 Å². The van der Waals surface area contributed by atoms with Gasteiger partial charge in [-0.2, -0.15) is 0 Å². The van der Waals surface area contributed by atoms with Crippen molar-refractivity contribution >= 4 is 17.4 Å². The minimum Gasteiger partial charge on any atom is -0.382 e. The predicted octanol–water partition coefficient (Wildman–Crippen LogP) is 5.83. The lowest BCUT2D eigenvalue weighted by molar-refractivity contribution is -0.232. The Morgan fingerprint density at radius 1 is 1.06 bits per heavy atom. The first-order valence-electron chi connectivity index (χ1n) is 12.5. The van der Waals surface area contributed by atoms with Gasteiger partial charge in [0.1, 0.15) is 5.60 Å². The van der Waals surface area contributed by atoms with Gasteiger partial charge in [0, 0.05) is 23.3 Å². The van der Waals surface area contributed by atoms with E-state index in [0.29, 0.717) is 48.6 Å². The van der Waals surface area contributed by atoms with Crippen LogP contribution in [0.25, 0.3) is 0 Å². The van der Waals surface area contributed by atoms with Crippen LogP contribution in [-0.4, -0.2) is 27.4 Å². The van der Waals surface area contributed by atoms with Crippen LogP contribution in [0.1, 0.15) is 77.7 Å². The van der Waals surface area contributed by atoms with E-state index in [9.17, 15) is 15.0 Å². The van der Waals surface area contributed by atoms with Crippen molar-refractivity contribution in [2.24, 2.45) is 28.6 Å². The topological polar surface area (TPSA) is 66.8 Å². The van der Waals surface area contributed by atoms with Gasteiger partial charge in [-0.25, -0.2) is 0 Å². The first-order valence-corrected chi connectivity index (χ1v) is 12.9. The highest BCUT2D eigenvalue weighted by molar-refractivity contribution is 6.30. The summed E-state index contributed by atoms with van der Waals surface area (Å²) in [6.07, 6.45) is 8.86. The molecule has 0 radical (unpaired) electrons. The molecular formula is C28H37ClO4. The molecule has 0 aliphatic heterocycles. The molecular weight excluding hydrogens is 436 g/mol. The molecule has 0 unspecified atom stereocenters. The SMILES string of the molecule is CC(=O)[C@@]1(O)CC[C@H]2[C@@H]3CC=C4C[C@](O)(OCc5ccc(Cl)cc5)CC[C@]4(C)[C@H]3CC[C@@]21C. The molecule has 33 heavy (non-hydrogen) atoms. The van der Waals surface area contributed by atoms with Gasteiger partial charge in [0.05, 0.1) is 6.61 Å². The largest absolute Gasteiger partial charge is 0.382 e. The van der Waals surface area contributed by atoms with Crippen LogP contribution in [0, 0.1) is 28.6 Å². The Bertz CT molecular complexity index is 973.